The molecule has 0 aromatic heterocycles. The first-order valence-corrected chi connectivity index (χ1v) is 10.6. The van der Waals surface area contributed by atoms with Gasteiger partial charge in [0.1, 0.15) is 0 Å². The van der Waals surface area contributed by atoms with Crippen molar-refractivity contribution in [3.8, 4) is 0 Å². The highest BCUT2D eigenvalue weighted by Crippen LogP contribution is 2.51. The third-order valence-corrected chi connectivity index (χ3v) is 6.52. The zero-order valence-corrected chi connectivity index (χ0v) is 18.2. The van der Waals surface area contributed by atoms with Crippen LogP contribution in [0.2, 0.25) is 0 Å². The zero-order valence-electron chi connectivity index (χ0n) is 18.2. The van der Waals surface area contributed by atoms with Crippen molar-refractivity contribution >= 4 is 34.9 Å². The fraction of sp³-hybridized carbons (Fsp3) is 0.160. The van der Waals surface area contributed by atoms with Crippen LogP contribution in [0.4, 0.5) is 21.9 Å². The molecule has 9 heteroatoms. The Morgan fingerprint density at radius 3 is 2.26 bits per heavy atom. The summed E-state index contributed by atoms with van der Waals surface area (Å²) >= 11 is 0. The van der Waals surface area contributed by atoms with Gasteiger partial charge in [-0.1, -0.05) is 48.5 Å². The molecule has 1 spiro atoms. The van der Waals surface area contributed by atoms with E-state index in [1.165, 1.54) is 12.1 Å². The number of fused-ring (bicyclic) bond motifs is 1. The van der Waals surface area contributed by atoms with Crippen LogP contribution in [0.5, 0.6) is 0 Å². The summed E-state index contributed by atoms with van der Waals surface area (Å²) in [6, 6.07) is 20.3. The van der Waals surface area contributed by atoms with Crippen molar-refractivity contribution < 1.29 is 19.3 Å². The van der Waals surface area contributed by atoms with E-state index in [1.807, 2.05) is 30.3 Å². The van der Waals surface area contributed by atoms with Crippen LogP contribution in [-0.4, -0.2) is 29.8 Å². The van der Waals surface area contributed by atoms with Gasteiger partial charge in [0.2, 0.25) is 5.91 Å². The average molecular weight is 456 g/mol. The van der Waals surface area contributed by atoms with E-state index in [2.05, 4.69) is 5.32 Å². The molecule has 2 aliphatic heterocycles. The fourth-order valence-electron chi connectivity index (χ4n) is 5.04. The molecule has 0 unspecified atom stereocenters. The maximum Gasteiger partial charge on any atom is 0.335 e. The van der Waals surface area contributed by atoms with Crippen LogP contribution in [0.15, 0.2) is 78.9 Å². The Labute approximate surface area is 194 Å². The van der Waals surface area contributed by atoms with Crippen LogP contribution in [0.1, 0.15) is 17.2 Å². The number of nitrogens with zero attached hydrogens (tertiary/aromatic N) is 3. The molecule has 1 saturated heterocycles. The SMILES string of the molecule is CN1c2ccc([N+](=O)[O-])cc2C[C@]2(C(=O)NC(=O)N(c3ccccc3)C2=O)[C@H]1c1ccccc1. The lowest BCUT2D eigenvalue weighted by molar-refractivity contribution is -0.384. The Kier molecular flexibility index (Phi) is 4.89. The number of non-ortho nitro benzene ring substituents is 1. The van der Waals surface area contributed by atoms with Gasteiger partial charge in [-0.2, -0.15) is 0 Å². The first-order chi connectivity index (χ1) is 16.3. The van der Waals surface area contributed by atoms with Gasteiger partial charge in [-0.25, -0.2) is 9.69 Å². The molecule has 3 aromatic carbocycles. The molecule has 0 radical (unpaired) electrons. The quantitative estimate of drug-likeness (QED) is 0.366. The number of imide groups is 2. The van der Waals surface area contributed by atoms with Gasteiger partial charge < -0.3 is 4.90 Å². The molecule has 3 aromatic rings. The highest BCUT2D eigenvalue weighted by molar-refractivity contribution is 6.30. The van der Waals surface area contributed by atoms with Gasteiger partial charge >= 0.3 is 6.03 Å². The summed E-state index contributed by atoms with van der Waals surface area (Å²) in [5.74, 6) is -1.40. The molecule has 2 aliphatic rings. The van der Waals surface area contributed by atoms with Gasteiger partial charge in [0, 0.05) is 31.3 Å². The van der Waals surface area contributed by atoms with E-state index in [1.54, 1.807) is 48.3 Å². The van der Waals surface area contributed by atoms with Gasteiger partial charge in [-0.05, 0) is 29.3 Å². The molecule has 2 atom stereocenters. The van der Waals surface area contributed by atoms with Crippen LogP contribution >= 0.6 is 0 Å². The lowest BCUT2D eigenvalue weighted by Gasteiger charge is -2.50. The van der Waals surface area contributed by atoms with Gasteiger partial charge in [0.15, 0.2) is 5.41 Å². The second kappa shape index (κ2) is 7.80. The minimum atomic E-state index is -1.73. The number of hydrogen-bond donors (Lipinski definition) is 1. The van der Waals surface area contributed by atoms with Crippen LogP contribution in [0.25, 0.3) is 0 Å². The van der Waals surface area contributed by atoms with Crippen molar-refractivity contribution in [3.05, 3.63) is 100 Å². The number of nitro groups is 1. The van der Waals surface area contributed by atoms with Crippen molar-refractivity contribution in [3.63, 3.8) is 0 Å². The number of benzene rings is 3. The minimum Gasteiger partial charge on any atom is -0.366 e. The molecule has 0 aliphatic carbocycles. The Hall–Kier alpha value is -4.53. The molecule has 9 nitrogen and oxygen atoms in total. The maximum absolute atomic E-state index is 14.2. The molecule has 4 amide bonds. The summed E-state index contributed by atoms with van der Waals surface area (Å²) in [5, 5.41) is 13.8. The molecule has 2 heterocycles. The van der Waals surface area contributed by atoms with E-state index in [-0.39, 0.29) is 12.1 Å². The fourth-order valence-corrected chi connectivity index (χ4v) is 5.04. The molecule has 1 N–H and O–H groups in total. The summed E-state index contributed by atoms with van der Waals surface area (Å²) in [4.78, 5) is 54.3. The van der Waals surface area contributed by atoms with Crippen molar-refractivity contribution in [1.29, 1.82) is 0 Å². The Bertz CT molecular complexity index is 1330. The number of amides is 4. The first-order valence-electron chi connectivity index (χ1n) is 10.6. The van der Waals surface area contributed by atoms with Crippen molar-refractivity contribution in [2.45, 2.75) is 12.5 Å². The third kappa shape index (κ3) is 3.05. The summed E-state index contributed by atoms with van der Waals surface area (Å²) in [7, 11) is 1.74. The van der Waals surface area contributed by atoms with Crippen molar-refractivity contribution in [2.24, 2.45) is 5.41 Å². The highest BCUT2D eigenvalue weighted by Gasteiger charge is 2.62. The number of carbonyl (C=O) groups excluding carboxylic acids is 3. The van der Waals surface area contributed by atoms with Crippen LogP contribution in [0, 0.1) is 15.5 Å². The predicted molar refractivity (Wildman–Crippen MR) is 124 cm³/mol. The lowest BCUT2D eigenvalue weighted by Crippen LogP contribution is -2.69. The average Bonchev–Trinajstić information content (AvgIpc) is 2.84. The summed E-state index contributed by atoms with van der Waals surface area (Å²) in [6.07, 6.45) is -0.102. The largest absolute Gasteiger partial charge is 0.366 e. The highest BCUT2D eigenvalue weighted by atomic mass is 16.6. The van der Waals surface area contributed by atoms with Crippen LogP contribution in [0.3, 0.4) is 0 Å². The number of para-hydroxylation sites is 1. The number of anilines is 2. The van der Waals surface area contributed by atoms with E-state index in [0.717, 1.165) is 4.90 Å². The topological polar surface area (TPSA) is 113 Å². The predicted octanol–water partition coefficient (Wildman–Crippen LogP) is 3.60. The number of urea groups is 1. The van der Waals surface area contributed by atoms with Crippen molar-refractivity contribution in [1.82, 2.24) is 5.32 Å². The van der Waals surface area contributed by atoms with Gasteiger partial charge in [-0.3, -0.25) is 25.0 Å². The van der Waals surface area contributed by atoms with E-state index < -0.39 is 34.2 Å². The normalized spacial score (nSPS) is 21.9. The lowest BCUT2D eigenvalue weighted by atomic mass is 9.66. The van der Waals surface area contributed by atoms with Gasteiger partial charge in [-0.15, -0.1) is 0 Å². The van der Waals surface area contributed by atoms with Crippen molar-refractivity contribution in [2.75, 3.05) is 16.8 Å². The molecule has 0 bridgehead atoms. The standard InChI is InChI=1S/C25H20N4O5/c1-27-20-13-12-19(29(33)34)14-17(20)15-25(21(27)16-8-4-2-5-9-16)22(30)26-24(32)28(23(25)31)18-10-6-3-7-11-18/h2-14,21H,15H2,1H3,(H,26,30,32)/t21-,25-/m1/s1. The number of rotatable bonds is 3. The number of barbiturate groups is 1. The number of hydrogen-bond acceptors (Lipinski definition) is 6. The Morgan fingerprint density at radius 1 is 0.971 bits per heavy atom. The third-order valence-electron chi connectivity index (χ3n) is 6.52. The minimum absolute atomic E-state index is 0.102. The van der Waals surface area contributed by atoms with Gasteiger partial charge in [0.25, 0.3) is 11.6 Å². The monoisotopic (exact) mass is 456 g/mol. The Balaban J connectivity index is 1.75. The van der Waals surface area contributed by atoms with E-state index >= 15 is 0 Å². The molecular weight excluding hydrogens is 436 g/mol. The van der Waals surface area contributed by atoms with E-state index in [4.69, 9.17) is 0 Å². The van der Waals surface area contributed by atoms with E-state index in [9.17, 15) is 24.5 Å². The van der Waals surface area contributed by atoms with Gasteiger partial charge in [0.05, 0.1) is 16.7 Å². The summed E-state index contributed by atoms with van der Waals surface area (Å²) in [6.45, 7) is 0. The maximum atomic E-state index is 14.2. The molecule has 34 heavy (non-hydrogen) atoms. The first kappa shape index (κ1) is 21.3. The molecular formula is C25H20N4O5. The number of nitro benzene ring substituents is 1. The Morgan fingerprint density at radius 2 is 1.62 bits per heavy atom. The number of nitrogens with one attached hydrogen (secondary N) is 1. The van der Waals surface area contributed by atoms with Crippen LogP contribution < -0.4 is 15.1 Å². The molecule has 1 fully saturated rings. The second-order valence-electron chi connectivity index (χ2n) is 8.38. The molecule has 5 rings (SSSR count). The summed E-state index contributed by atoms with van der Waals surface area (Å²) in [5.41, 5.74) is 0.321. The summed E-state index contributed by atoms with van der Waals surface area (Å²) < 4.78 is 0. The van der Waals surface area contributed by atoms with E-state index in [0.29, 0.717) is 22.5 Å². The zero-order chi connectivity index (χ0) is 24.0. The second-order valence-corrected chi connectivity index (χ2v) is 8.38. The molecule has 170 valence electrons. The molecule has 0 saturated carbocycles. The number of carbonyl (C=O) groups is 3. The smallest absolute Gasteiger partial charge is 0.335 e. The van der Waals surface area contributed by atoms with Crippen LogP contribution in [-0.2, 0) is 16.0 Å².